The molecule has 0 saturated carbocycles. The molecule has 1 aliphatic rings. The molecule has 1 atom stereocenters. The highest BCUT2D eigenvalue weighted by molar-refractivity contribution is 5.97. The van der Waals surface area contributed by atoms with E-state index >= 15 is 0 Å². The van der Waals surface area contributed by atoms with Crippen molar-refractivity contribution in [1.82, 2.24) is 24.4 Å². The number of fused-ring (bicyclic) bond motifs is 2. The maximum Gasteiger partial charge on any atom is 0.245 e. The van der Waals surface area contributed by atoms with Crippen LogP contribution in [0.1, 0.15) is 43.5 Å². The highest BCUT2D eigenvalue weighted by Gasteiger charge is 2.34. The highest BCUT2D eigenvalue weighted by Crippen LogP contribution is 2.37. The summed E-state index contributed by atoms with van der Waals surface area (Å²) in [6.45, 7) is 6.71. The van der Waals surface area contributed by atoms with Gasteiger partial charge in [0.05, 0.1) is 23.6 Å². The molecule has 1 aromatic carbocycles. The van der Waals surface area contributed by atoms with Gasteiger partial charge in [-0.2, -0.15) is 0 Å². The number of likely N-dealkylation sites (N-methyl/N-ethyl adjacent to an activating group) is 1. The average molecular weight is 426 g/mol. The summed E-state index contributed by atoms with van der Waals surface area (Å²) in [6.07, 6.45) is 5.34. The Bertz CT molecular complexity index is 1320. The second kappa shape index (κ2) is 7.86. The number of imidazole rings is 1. The minimum atomic E-state index is -0.186. The summed E-state index contributed by atoms with van der Waals surface area (Å²) in [5.74, 6) is 1.13. The Labute approximate surface area is 188 Å². The minimum absolute atomic E-state index is 0.162. The topological polar surface area (TPSA) is 63.9 Å². The standard InChI is InChI=1S/C26H27N5O/c1-5-22-26(32)30(4)15-23-25(29-24(6-2)31(22)23)19-9-7-8-17-12-21(28-14-20(17)19)18-11-10-16(3)27-13-18/h7-14,22H,5-6,15H2,1-4H3. The molecule has 1 amide bonds. The van der Waals surface area contributed by atoms with Gasteiger partial charge in [0.15, 0.2) is 0 Å². The Balaban J connectivity index is 1.67. The lowest BCUT2D eigenvalue weighted by atomic mass is 10.00. The molecule has 4 heterocycles. The van der Waals surface area contributed by atoms with Crippen LogP contribution in [-0.2, 0) is 17.8 Å². The van der Waals surface area contributed by atoms with Gasteiger partial charge in [0.25, 0.3) is 0 Å². The zero-order chi connectivity index (χ0) is 22.4. The third kappa shape index (κ3) is 3.18. The smallest absolute Gasteiger partial charge is 0.245 e. The van der Waals surface area contributed by atoms with Crippen molar-refractivity contribution in [2.45, 2.75) is 46.2 Å². The number of aromatic nitrogens is 4. The average Bonchev–Trinajstić information content (AvgIpc) is 3.17. The number of benzene rings is 1. The summed E-state index contributed by atoms with van der Waals surface area (Å²) in [4.78, 5) is 28.8. The van der Waals surface area contributed by atoms with Gasteiger partial charge in [-0.15, -0.1) is 0 Å². The molecule has 6 nitrogen and oxygen atoms in total. The lowest BCUT2D eigenvalue weighted by molar-refractivity contribution is -0.136. The summed E-state index contributed by atoms with van der Waals surface area (Å²) >= 11 is 0. The van der Waals surface area contributed by atoms with Crippen LogP contribution in [-0.4, -0.2) is 37.4 Å². The van der Waals surface area contributed by atoms with Crippen LogP contribution in [0.2, 0.25) is 0 Å². The molecule has 0 aliphatic carbocycles. The van der Waals surface area contributed by atoms with Crippen LogP contribution in [0.15, 0.2) is 48.8 Å². The van der Waals surface area contributed by atoms with E-state index in [-0.39, 0.29) is 11.9 Å². The second-order valence-electron chi connectivity index (χ2n) is 8.45. The summed E-state index contributed by atoms with van der Waals surface area (Å²) < 4.78 is 2.18. The van der Waals surface area contributed by atoms with Gasteiger partial charge in [0, 0.05) is 48.1 Å². The van der Waals surface area contributed by atoms with Crippen molar-refractivity contribution in [3.05, 3.63) is 66.0 Å². The van der Waals surface area contributed by atoms with E-state index in [4.69, 9.17) is 9.97 Å². The maximum absolute atomic E-state index is 12.8. The van der Waals surface area contributed by atoms with Crippen LogP contribution in [0.4, 0.5) is 0 Å². The molecule has 1 aliphatic heterocycles. The van der Waals surface area contributed by atoms with Crippen molar-refractivity contribution in [1.29, 1.82) is 0 Å². The van der Waals surface area contributed by atoms with Crippen molar-refractivity contribution in [3.63, 3.8) is 0 Å². The number of pyridine rings is 2. The molecule has 0 bridgehead atoms. The molecule has 0 radical (unpaired) electrons. The second-order valence-corrected chi connectivity index (χ2v) is 8.45. The fourth-order valence-electron chi connectivity index (χ4n) is 4.68. The first kappa shape index (κ1) is 20.4. The number of hydrogen-bond acceptors (Lipinski definition) is 4. The van der Waals surface area contributed by atoms with Crippen molar-refractivity contribution in [2.75, 3.05) is 7.05 Å². The van der Waals surface area contributed by atoms with Crippen LogP contribution in [0.25, 0.3) is 33.3 Å². The lowest BCUT2D eigenvalue weighted by Crippen LogP contribution is -2.40. The molecule has 162 valence electrons. The van der Waals surface area contributed by atoms with E-state index < -0.39 is 0 Å². The first-order chi connectivity index (χ1) is 15.5. The fourth-order valence-corrected chi connectivity index (χ4v) is 4.68. The van der Waals surface area contributed by atoms with Gasteiger partial charge in [-0.1, -0.05) is 32.0 Å². The van der Waals surface area contributed by atoms with E-state index in [0.717, 1.165) is 63.3 Å². The van der Waals surface area contributed by atoms with E-state index in [1.54, 1.807) is 0 Å². The zero-order valence-electron chi connectivity index (χ0n) is 19.0. The third-order valence-corrected chi connectivity index (χ3v) is 6.37. The van der Waals surface area contributed by atoms with Crippen molar-refractivity contribution < 1.29 is 4.79 Å². The number of rotatable bonds is 4. The van der Waals surface area contributed by atoms with Gasteiger partial charge in [0.1, 0.15) is 11.9 Å². The Kier molecular flexibility index (Phi) is 5.00. The molecule has 0 saturated heterocycles. The maximum atomic E-state index is 12.8. The Morgan fingerprint density at radius 1 is 1.09 bits per heavy atom. The monoisotopic (exact) mass is 425 g/mol. The highest BCUT2D eigenvalue weighted by atomic mass is 16.2. The quantitative estimate of drug-likeness (QED) is 0.464. The summed E-state index contributed by atoms with van der Waals surface area (Å²) in [5.41, 5.74) is 6.01. The van der Waals surface area contributed by atoms with Gasteiger partial charge >= 0.3 is 0 Å². The van der Waals surface area contributed by atoms with E-state index in [1.165, 1.54) is 0 Å². The van der Waals surface area contributed by atoms with Crippen LogP contribution < -0.4 is 0 Å². The molecule has 0 spiro atoms. The molecule has 3 aromatic heterocycles. The number of hydrogen-bond donors (Lipinski definition) is 0. The van der Waals surface area contributed by atoms with Crippen molar-refractivity contribution >= 4 is 16.7 Å². The molecular weight excluding hydrogens is 398 g/mol. The van der Waals surface area contributed by atoms with Crippen LogP contribution in [0.5, 0.6) is 0 Å². The predicted octanol–water partition coefficient (Wildman–Crippen LogP) is 4.95. The van der Waals surface area contributed by atoms with E-state index in [2.05, 4.69) is 53.7 Å². The van der Waals surface area contributed by atoms with E-state index in [9.17, 15) is 4.79 Å². The summed E-state index contributed by atoms with van der Waals surface area (Å²) in [6, 6.07) is 12.3. The number of carbonyl (C=O) groups excluding carboxylic acids is 1. The van der Waals surface area contributed by atoms with Crippen LogP contribution in [0, 0.1) is 6.92 Å². The minimum Gasteiger partial charge on any atom is -0.338 e. The number of aryl methyl sites for hydroxylation is 2. The van der Waals surface area contributed by atoms with Gasteiger partial charge in [0.2, 0.25) is 5.91 Å². The molecule has 0 fully saturated rings. The van der Waals surface area contributed by atoms with E-state index in [0.29, 0.717) is 6.54 Å². The Hall–Kier alpha value is -3.54. The number of carbonyl (C=O) groups is 1. The van der Waals surface area contributed by atoms with E-state index in [1.807, 2.05) is 37.3 Å². The zero-order valence-corrected chi connectivity index (χ0v) is 19.0. The number of nitrogens with zero attached hydrogens (tertiary/aromatic N) is 5. The molecule has 5 rings (SSSR count). The molecule has 1 unspecified atom stereocenters. The van der Waals surface area contributed by atoms with Gasteiger partial charge in [-0.3, -0.25) is 14.8 Å². The predicted molar refractivity (Wildman–Crippen MR) is 126 cm³/mol. The lowest BCUT2D eigenvalue weighted by Gasteiger charge is -2.32. The Morgan fingerprint density at radius 2 is 1.94 bits per heavy atom. The van der Waals surface area contributed by atoms with Crippen molar-refractivity contribution in [2.24, 2.45) is 0 Å². The molecule has 6 heteroatoms. The summed E-state index contributed by atoms with van der Waals surface area (Å²) in [5, 5.41) is 2.17. The normalized spacial score (nSPS) is 15.9. The largest absolute Gasteiger partial charge is 0.338 e. The van der Waals surface area contributed by atoms with Gasteiger partial charge in [-0.05, 0) is 36.9 Å². The van der Waals surface area contributed by atoms with Gasteiger partial charge < -0.3 is 9.47 Å². The Morgan fingerprint density at radius 3 is 2.66 bits per heavy atom. The summed E-state index contributed by atoms with van der Waals surface area (Å²) in [7, 11) is 1.88. The molecule has 0 N–H and O–H groups in total. The molecule has 32 heavy (non-hydrogen) atoms. The number of amides is 1. The SMILES string of the molecule is CCc1nc(-c2cccc3cc(-c4ccc(C)nc4)ncc23)c2n1C(CC)C(=O)N(C)C2. The van der Waals surface area contributed by atoms with Gasteiger partial charge in [-0.25, -0.2) is 4.98 Å². The first-order valence-electron chi connectivity index (χ1n) is 11.2. The van der Waals surface area contributed by atoms with Crippen molar-refractivity contribution in [3.8, 4) is 22.5 Å². The third-order valence-electron chi connectivity index (χ3n) is 6.37. The fraction of sp³-hybridized carbons (Fsp3) is 0.308. The molecular formula is C26H27N5O. The first-order valence-corrected chi connectivity index (χ1v) is 11.2. The van der Waals surface area contributed by atoms with Crippen LogP contribution >= 0.6 is 0 Å². The molecule has 4 aromatic rings. The van der Waals surface area contributed by atoms with Crippen LogP contribution in [0.3, 0.4) is 0 Å².